The van der Waals surface area contributed by atoms with Gasteiger partial charge in [-0.2, -0.15) is 15.4 Å². The first-order valence-corrected chi connectivity index (χ1v) is 6.10. The average Bonchev–Trinajstić information content (AvgIpc) is 2.96. The number of rotatable bonds is 6. The van der Waals surface area contributed by atoms with Crippen molar-refractivity contribution in [3.8, 4) is 5.75 Å². The van der Waals surface area contributed by atoms with E-state index in [1.165, 1.54) is 6.20 Å². The average molecular weight is 276 g/mol. The second kappa shape index (κ2) is 6.67. The monoisotopic (exact) mass is 276 g/mol. The third kappa shape index (κ3) is 3.55. The summed E-state index contributed by atoms with van der Waals surface area (Å²) < 4.78 is 10.5. The molecular weight excluding hydrogens is 260 g/mol. The van der Waals surface area contributed by atoms with Gasteiger partial charge in [-0.25, -0.2) is 0 Å². The van der Waals surface area contributed by atoms with Gasteiger partial charge in [-0.15, -0.1) is 0 Å². The zero-order valence-electron chi connectivity index (χ0n) is 11.3. The van der Waals surface area contributed by atoms with Crippen LogP contribution in [0.5, 0.6) is 5.75 Å². The van der Waals surface area contributed by atoms with Crippen LogP contribution in [0, 0.1) is 6.92 Å². The van der Waals surface area contributed by atoms with Gasteiger partial charge in [-0.05, 0) is 24.6 Å². The topological polar surface area (TPSA) is 89.1 Å². The van der Waals surface area contributed by atoms with Gasteiger partial charge in [0.1, 0.15) is 12.4 Å². The zero-order chi connectivity index (χ0) is 14.4. The van der Waals surface area contributed by atoms with Crippen molar-refractivity contribution < 1.29 is 14.3 Å². The van der Waals surface area contributed by atoms with E-state index in [9.17, 15) is 4.79 Å². The van der Waals surface area contributed by atoms with Gasteiger partial charge in [-0.3, -0.25) is 4.79 Å². The summed E-state index contributed by atoms with van der Waals surface area (Å²) in [6, 6.07) is 5.53. The number of nitrogens with zero attached hydrogens (tertiary/aromatic N) is 2. The molecule has 1 amide bonds. The molecule has 2 N–H and O–H groups in total. The van der Waals surface area contributed by atoms with E-state index in [4.69, 9.17) is 9.47 Å². The number of benzene rings is 1. The Morgan fingerprint density at radius 1 is 1.40 bits per heavy atom. The zero-order valence-corrected chi connectivity index (χ0v) is 11.3. The minimum Gasteiger partial charge on any atom is -0.489 e. The van der Waals surface area contributed by atoms with E-state index in [1.807, 2.05) is 19.1 Å². The Hall–Kier alpha value is -2.41. The maximum absolute atomic E-state index is 11.9. The molecule has 7 heteroatoms. The van der Waals surface area contributed by atoms with Crippen molar-refractivity contribution in [1.82, 2.24) is 15.4 Å². The van der Waals surface area contributed by atoms with Gasteiger partial charge >= 0.3 is 0 Å². The van der Waals surface area contributed by atoms with Gasteiger partial charge in [0.15, 0.2) is 5.69 Å². The van der Waals surface area contributed by atoms with Crippen molar-refractivity contribution in [3.63, 3.8) is 0 Å². The predicted molar refractivity (Wildman–Crippen MR) is 72.9 cm³/mol. The van der Waals surface area contributed by atoms with Crippen molar-refractivity contribution in [2.24, 2.45) is 0 Å². The van der Waals surface area contributed by atoms with E-state index >= 15 is 0 Å². The molecule has 0 saturated carbocycles. The van der Waals surface area contributed by atoms with Gasteiger partial charge < -0.3 is 14.8 Å². The van der Waals surface area contributed by atoms with Crippen molar-refractivity contribution in [1.29, 1.82) is 0 Å². The number of carbonyl (C=O) groups is 1. The van der Waals surface area contributed by atoms with Gasteiger partial charge in [0.2, 0.25) is 0 Å². The number of ether oxygens (including phenoxy) is 2. The molecular formula is C13H16N4O3. The summed E-state index contributed by atoms with van der Waals surface area (Å²) in [5, 5.41) is 12.5. The van der Waals surface area contributed by atoms with Crippen LogP contribution in [0.2, 0.25) is 0 Å². The second-order valence-corrected chi connectivity index (χ2v) is 4.15. The number of aryl methyl sites for hydroxylation is 1. The standard InChI is InChI=1S/C13H16N4O3/c1-9-3-4-10(12(7-9)20-6-5-19-2)15-13(18)11-8-14-17-16-11/h3-4,7-8H,5-6H2,1-2H3,(H,15,18)(H,14,16,17). The number of nitrogens with one attached hydrogen (secondary N) is 2. The molecule has 2 aromatic rings. The number of aromatic amines is 1. The summed E-state index contributed by atoms with van der Waals surface area (Å²) in [6.07, 6.45) is 1.36. The molecule has 106 valence electrons. The Kier molecular flexibility index (Phi) is 4.67. The highest BCUT2D eigenvalue weighted by molar-refractivity contribution is 6.03. The fraction of sp³-hybridized carbons (Fsp3) is 0.308. The first-order valence-electron chi connectivity index (χ1n) is 6.10. The molecule has 0 fully saturated rings. The van der Waals surface area contributed by atoms with Crippen LogP contribution in [0.25, 0.3) is 0 Å². The Bertz CT molecular complexity index is 569. The largest absolute Gasteiger partial charge is 0.489 e. The number of carbonyl (C=O) groups excluding carboxylic acids is 1. The molecule has 20 heavy (non-hydrogen) atoms. The molecule has 0 aliphatic carbocycles. The van der Waals surface area contributed by atoms with Gasteiger partial charge in [-0.1, -0.05) is 6.07 Å². The normalized spacial score (nSPS) is 10.3. The van der Waals surface area contributed by atoms with Crippen LogP contribution in [0.1, 0.15) is 16.1 Å². The minimum absolute atomic E-state index is 0.216. The minimum atomic E-state index is -0.348. The number of hydrogen-bond donors (Lipinski definition) is 2. The summed E-state index contributed by atoms with van der Waals surface area (Å²) in [7, 11) is 1.60. The van der Waals surface area contributed by atoms with Crippen molar-refractivity contribution >= 4 is 11.6 Å². The number of hydrogen-bond acceptors (Lipinski definition) is 5. The van der Waals surface area contributed by atoms with Crippen molar-refractivity contribution in [2.45, 2.75) is 6.92 Å². The molecule has 0 spiro atoms. The summed E-state index contributed by atoms with van der Waals surface area (Å²) in [5.41, 5.74) is 1.84. The van der Waals surface area contributed by atoms with Crippen LogP contribution in [0.3, 0.4) is 0 Å². The molecule has 0 bridgehead atoms. The molecule has 1 aromatic carbocycles. The quantitative estimate of drug-likeness (QED) is 0.778. The Morgan fingerprint density at radius 3 is 2.95 bits per heavy atom. The maximum Gasteiger partial charge on any atom is 0.277 e. The Labute approximate surface area is 116 Å². The maximum atomic E-state index is 11.9. The number of anilines is 1. The number of methoxy groups -OCH3 is 1. The van der Waals surface area contributed by atoms with Gasteiger partial charge in [0, 0.05) is 7.11 Å². The molecule has 0 aliphatic heterocycles. The Balaban J connectivity index is 2.11. The SMILES string of the molecule is COCCOc1cc(C)ccc1NC(=O)c1cn[nH]n1. The predicted octanol–water partition coefficient (Wildman–Crippen LogP) is 1.39. The highest BCUT2D eigenvalue weighted by Crippen LogP contribution is 2.26. The molecule has 2 rings (SSSR count). The lowest BCUT2D eigenvalue weighted by Gasteiger charge is -2.12. The molecule has 0 radical (unpaired) electrons. The van der Waals surface area contributed by atoms with E-state index < -0.39 is 0 Å². The van der Waals surface area contributed by atoms with E-state index in [-0.39, 0.29) is 11.6 Å². The van der Waals surface area contributed by atoms with Crippen LogP contribution in [-0.4, -0.2) is 41.6 Å². The lowest BCUT2D eigenvalue weighted by molar-refractivity contribution is 0.102. The molecule has 0 atom stereocenters. The Morgan fingerprint density at radius 2 is 2.25 bits per heavy atom. The highest BCUT2D eigenvalue weighted by Gasteiger charge is 2.12. The molecule has 0 unspecified atom stereocenters. The van der Waals surface area contributed by atoms with Gasteiger partial charge in [0.05, 0.1) is 18.5 Å². The molecule has 7 nitrogen and oxygen atoms in total. The van der Waals surface area contributed by atoms with Crippen molar-refractivity contribution in [3.05, 3.63) is 35.7 Å². The third-order valence-electron chi connectivity index (χ3n) is 2.58. The second-order valence-electron chi connectivity index (χ2n) is 4.15. The first kappa shape index (κ1) is 14.0. The van der Waals surface area contributed by atoms with E-state index in [1.54, 1.807) is 13.2 Å². The van der Waals surface area contributed by atoms with Crippen LogP contribution in [-0.2, 0) is 4.74 Å². The van der Waals surface area contributed by atoms with Crippen LogP contribution >= 0.6 is 0 Å². The summed E-state index contributed by atoms with van der Waals surface area (Å²) >= 11 is 0. The number of amides is 1. The van der Waals surface area contributed by atoms with E-state index in [2.05, 4.69) is 20.7 Å². The summed E-state index contributed by atoms with van der Waals surface area (Å²) in [5.74, 6) is 0.248. The first-order chi connectivity index (χ1) is 9.70. The van der Waals surface area contributed by atoms with Crippen molar-refractivity contribution in [2.75, 3.05) is 25.6 Å². The molecule has 1 heterocycles. The summed E-state index contributed by atoms with van der Waals surface area (Å²) in [4.78, 5) is 11.9. The fourth-order valence-corrected chi connectivity index (χ4v) is 1.58. The molecule has 1 aromatic heterocycles. The van der Waals surface area contributed by atoms with Crippen LogP contribution in [0.4, 0.5) is 5.69 Å². The highest BCUT2D eigenvalue weighted by atomic mass is 16.5. The van der Waals surface area contributed by atoms with Gasteiger partial charge in [0.25, 0.3) is 5.91 Å². The fourth-order valence-electron chi connectivity index (χ4n) is 1.58. The van der Waals surface area contributed by atoms with Crippen LogP contribution < -0.4 is 10.1 Å². The lowest BCUT2D eigenvalue weighted by Crippen LogP contribution is -2.14. The lowest BCUT2D eigenvalue weighted by atomic mass is 10.2. The van der Waals surface area contributed by atoms with E-state index in [0.717, 1.165) is 5.56 Å². The summed E-state index contributed by atoms with van der Waals surface area (Å²) in [6.45, 7) is 2.84. The molecule has 0 saturated heterocycles. The number of aromatic nitrogens is 3. The number of H-pyrrole nitrogens is 1. The smallest absolute Gasteiger partial charge is 0.277 e. The molecule has 0 aliphatic rings. The van der Waals surface area contributed by atoms with Crippen LogP contribution in [0.15, 0.2) is 24.4 Å². The van der Waals surface area contributed by atoms with E-state index in [0.29, 0.717) is 24.7 Å². The third-order valence-corrected chi connectivity index (χ3v) is 2.58.